The highest BCUT2D eigenvalue weighted by Crippen LogP contribution is 2.40. The van der Waals surface area contributed by atoms with Gasteiger partial charge in [-0.15, -0.1) is 0 Å². The summed E-state index contributed by atoms with van der Waals surface area (Å²) in [5.74, 6) is 0.679. The maximum atomic E-state index is 5.31. The number of hydrogen-bond donors (Lipinski definition) is 0. The average molecular weight is 526 g/mol. The maximum absolute atomic E-state index is 5.31. The summed E-state index contributed by atoms with van der Waals surface area (Å²) in [6.07, 6.45) is 0. The fraction of sp³-hybridized carbons (Fsp3) is 0.0526. The van der Waals surface area contributed by atoms with Crippen LogP contribution in [-0.4, -0.2) is 14.5 Å². The van der Waals surface area contributed by atoms with Crippen LogP contribution >= 0.6 is 0 Å². The third kappa shape index (κ3) is 3.66. The van der Waals surface area contributed by atoms with E-state index < -0.39 is 0 Å². The van der Waals surface area contributed by atoms with Gasteiger partial charge in [0.25, 0.3) is 0 Å². The van der Waals surface area contributed by atoms with E-state index in [0.717, 1.165) is 33.2 Å². The standard InChI is InChI=1S/C38H27N3/c1-24-12-6-8-16-28(24)32-23-35-33(22-25(32)2)30-21-20-26-13-7-9-17-29(26)37(30)41(35)38-39-34-19-11-10-18-31(34)36(40-38)27-14-4-3-5-15-27/h3-23H,1-2H3. The molecule has 0 radical (unpaired) electrons. The predicted octanol–water partition coefficient (Wildman–Crippen LogP) is 9.83. The molecule has 0 bridgehead atoms. The Morgan fingerprint density at radius 3 is 2.10 bits per heavy atom. The first kappa shape index (κ1) is 23.6. The van der Waals surface area contributed by atoms with Gasteiger partial charge < -0.3 is 0 Å². The number of nitrogens with zero attached hydrogens (tertiary/aromatic N) is 3. The van der Waals surface area contributed by atoms with Crippen LogP contribution in [0.15, 0.2) is 127 Å². The van der Waals surface area contributed by atoms with Crippen molar-refractivity contribution in [1.29, 1.82) is 0 Å². The first-order valence-electron chi connectivity index (χ1n) is 14.0. The number of hydrogen-bond acceptors (Lipinski definition) is 2. The zero-order valence-corrected chi connectivity index (χ0v) is 23.0. The molecular formula is C38H27N3. The number of para-hydroxylation sites is 1. The Morgan fingerprint density at radius 2 is 1.24 bits per heavy atom. The van der Waals surface area contributed by atoms with E-state index in [-0.39, 0.29) is 0 Å². The topological polar surface area (TPSA) is 30.7 Å². The Bertz CT molecular complexity index is 2280. The Hall–Kier alpha value is -5.28. The van der Waals surface area contributed by atoms with Crippen molar-refractivity contribution in [3.8, 4) is 28.3 Å². The monoisotopic (exact) mass is 525 g/mol. The van der Waals surface area contributed by atoms with Crippen LogP contribution in [0.1, 0.15) is 11.1 Å². The molecule has 8 rings (SSSR count). The summed E-state index contributed by atoms with van der Waals surface area (Å²) in [5.41, 5.74) is 10.2. The van der Waals surface area contributed by atoms with Crippen molar-refractivity contribution in [3.63, 3.8) is 0 Å². The lowest BCUT2D eigenvalue weighted by Gasteiger charge is -2.14. The van der Waals surface area contributed by atoms with Gasteiger partial charge in [-0.05, 0) is 59.7 Å². The third-order valence-corrected chi connectivity index (χ3v) is 8.27. The Balaban J connectivity index is 1.55. The number of rotatable bonds is 3. The molecule has 0 N–H and O–H groups in total. The fourth-order valence-corrected chi connectivity index (χ4v) is 6.28. The van der Waals surface area contributed by atoms with E-state index in [4.69, 9.17) is 9.97 Å². The second kappa shape index (κ2) is 9.14. The lowest BCUT2D eigenvalue weighted by Crippen LogP contribution is -2.04. The normalized spacial score (nSPS) is 11.7. The van der Waals surface area contributed by atoms with Crippen LogP contribution in [0.4, 0.5) is 0 Å². The molecule has 0 amide bonds. The van der Waals surface area contributed by atoms with E-state index in [2.05, 4.69) is 140 Å². The SMILES string of the molecule is Cc1ccccc1-c1cc2c(cc1C)c1ccc3ccccc3c1n2-c1nc(-c2ccccc2)c2ccccc2n1. The van der Waals surface area contributed by atoms with Crippen molar-refractivity contribution in [2.75, 3.05) is 0 Å². The van der Waals surface area contributed by atoms with Crippen molar-refractivity contribution in [3.05, 3.63) is 139 Å². The first-order chi connectivity index (χ1) is 20.2. The molecule has 2 heterocycles. The molecule has 0 saturated heterocycles. The smallest absolute Gasteiger partial charge is 0.235 e. The molecule has 0 saturated carbocycles. The van der Waals surface area contributed by atoms with Gasteiger partial charge >= 0.3 is 0 Å². The summed E-state index contributed by atoms with van der Waals surface area (Å²) < 4.78 is 2.28. The molecule has 0 fully saturated rings. The summed E-state index contributed by atoms with van der Waals surface area (Å²) in [7, 11) is 0. The summed E-state index contributed by atoms with van der Waals surface area (Å²) in [6, 6.07) is 45.1. The van der Waals surface area contributed by atoms with E-state index in [1.165, 1.54) is 43.8 Å². The molecule has 2 aromatic heterocycles. The molecule has 3 heteroatoms. The first-order valence-corrected chi connectivity index (χ1v) is 14.0. The highest BCUT2D eigenvalue weighted by molar-refractivity contribution is 6.19. The van der Waals surface area contributed by atoms with Gasteiger partial charge in [-0.3, -0.25) is 4.57 Å². The molecule has 8 aromatic rings. The zero-order valence-electron chi connectivity index (χ0n) is 23.0. The van der Waals surface area contributed by atoms with Gasteiger partial charge in [0.15, 0.2) is 0 Å². The highest BCUT2D eigenvalue weighted by Gasteiger charge is 2.20. The van der Waals surface area contributed by atoms with Crippen molar-refractivity contribution >= 4 is 43.5 Å². The van der Waals surface area contributed by atoms with Crippen molar-refractivity contribution in [1.82, 2.24) is 14.5 Å². The molecule has 0 aliphatic heterocycles. The van der Waals surface area contributed by atoms with Gasteiger partial charge in [-0.25, -0.2) is 9.97 Å². The van der Waals surface area contributed by atoms with Gasteiger partial charge in [0, 0.05) is 27.1 Å². The second-order valence-electron chi connectivity index (χ2n) is 10.8. The molecule has 3 nitrogen and oxygen atoms in total. The van der Waals surface area contributed by atoms with Crippen LogP contribution in [-0.2, 0) is 0 Å². The van der Waals surface area contributed by atoms with Gasteiger partial charge in [0.2, 0.25) is 5.95 Å². The van der Waals surface area contributed by atoms with E-state index >= 15 is 0 Å². The summed E-state index contributed by atoms with van der Waals surface area (Å²) >= 11 is 0. The molecule has 41 heavy (non-hydrogen) atoms. The summed E-state index contributed by atoms with van der Waals surface area (Å²) in [4.78, 5) is 10.5. The van der Waals surface area contributed by atoms with Gasteiger partial charge in [0.05, 0.1) is 22.2 Å². The second-order valence-corrected chi connectivity index (χ2v) is 10.8. The Morgan fingerprint density at radius 1 is 0.512 bits per heavy atom. The van der Waals surface area contributed by atoms with Crippen LogP contribution in [0.25, 0.3) is 71.8 Å². The quantitative estimate of drug-likeness (QED) is 0.230. The molecule has 0 atom stereocenters. The minimum atomic E-state index is 0.679. The molecule has 6 aromatic carbocycles. The predicted molar refractivity (Wildman–Crippen MR) is 172 cm³/mol. The highest BCUT2D eigenvalue weighted by atomic mass is 15.2. The fourth-order valence-electron chi connectivity index (χ4n) is 6.28. The maximum Gasteiger partial charge on any atom is 0.235 e. The zero-order chi connectivity index (χ0) is 27.5. The summed E-state index contributed by atoms with van der Waals surface area (Å²) in [6.45, 7) is 4.39. The third-order valence-electron chi connectivity index (χ3n) is 8.27. The number of aryl methyl sites for hydroxylation is 2. The van der Waals surface area contributed by atoms with Crippen LogP contribution in [0, 0.1) is 13.8 Å². The lowest BCUT2D eigenvalue weighted by molar-refractivity contribution is 1.02. The van der Waals surface area contributed by atoms with Crippen LogP contribution in [0.5, 0.6) is 0 Å². The van der Waals surface area contributed by atoms with Crippen LogP contribution in [0.3, 0.4) is 0 Å². The largest absolute Gasteiger partial charge is 0.277 e. The van der Waals surface area contributed by atoms with Crippen molar-refractivity contribution < 1.29 is 0 Å². The number of aromatic nitrogens is 3. The minimum Gasteiger partial charge on any atom is -0.277 e. The van der Waals surface area contributed by atoms with Crippen molar-refractivity contribution in [2.45, 2.75) is 13.8 Å². The van der Waals surface area contributed by atoms with Crippen molar-refractivity contribution in [2.24, 2.45) is 0 Å². The Kier molecular flexibility index (Phi) is 5.26. The summed E-state index contributed by atoms with van der Waals surface area (Å²) in [5, 5.41) is 5.84. The van der Waals surface area contributed by atoms with Crippen LogP contribution < -0.4 is 0 Å². The van der Waals surface area contributed by atoms with Crippen LogP contribution in [0.2, 0.25) is 0 Å². The van der Waals surface area contributed by atoms with E-state index in [1.54, 1.807) is 0 Å². The molecule has 0 aliphatic carbocycles. The lowest BCUT2D eigenvalue weighted by atomic mass is 9.95. The van der Waals surface area contributed by atoms with Gasteiger partial charge in [0.1, 0.15) is 0 Å². The van der Waals surface area contributed by atoms with Gasteiger partial charge in [-0.2, -0.15) is 0 Å². The molecule has 0 aliphatic rings. The average Bonchev–Trinajstić information content (AvgIpc) is 3.34. The molecule has 0 spiro atoms. The number of benzene rings is 6. The van der Waals surface area contributed by atoms with E-state index in [1.807, 2.05) is 6.07 Å². The minimum absolute atomic E-state index is 0.679. The van der Waals surface area contributed by atoms with E-state index in [0.29, 0.717) is 5.95 Å². The molecular weight excluding hydrogens is 498 g/mol. The van der Waals surface area contributed by atoms with E-state index in [9.17, 15) is 0 Å². The molecule has 194 valence electrons. The Labute approximate surface area is 238 Å². The number of fused-ring (bicyclic) bond motifs is 6. The van der Waals surface area contributed by atoms with Gasteiger partial charge in [-0.1, -0.05) is 109 Å². The molecule has 0 unspecified atom stereocenters.